The van der Waals surface area contributed by atoms with E-state index in [1.165, 1.54) is 0 Å². The molecule has 1 fully saturated rings. The first-order chi connectivity index (χ1) is 11.2. The van der Waals surface area contributed by atoms with Crippen molar-refractivity contribution in [2.45, 2.75) is 31.5 Å². The Labute approximate surface area is 135 Å². The largest absolute Gasteiger partial charge is 0.373 e. The Morgan fingerprint density at radius 2 is 2.22 bits per heavy atom. The maximum absolute atomic E-state index is 12.0. The monoisotopic (exact) mass is 314 g/mol. The summed E-state index contributed by atoms with van der Waals surface area (Å²) in [5.74, 6) is 0. The minimum absolute atomic E-state index is 0.0496. The number of benzene rings is 1. The molecule has 6 nitrogen and oxygen atoms in total. The molecule has 2 aromatic rings. The van der Waals surface area contributed by atoms with Gasteiger partial charge in [-0.25, -0.2) is 4.79 Å². The number of urea groups is 1. The van der Waals surface area contributed by atoms with Gasteiger partial charge in [0.15, 0.2) is 0 Å². The first-order valence-electron chi connectivity index (χ1n) is 7.89. The molecule has 2 atom stereocenters. The van der Waals surface area contributed by atoms with Crippen LogP contribution in [-0.2, 0) is 18.3 Å². The fourth-order valence-corrected chi connectivity index (χ4v) is 2.81. The Morgan fingerprint density at radius 1 is 1.39 bits per heavy atom. The summed E-state index contributed by atoms with van der Waals surface area (Å²) in [6.45, 7) is 1.14. The van der Waals surface area contributed by atoms with Crippen molar-refractivity contribution in [3.63, 3.8) is 0 Å². The fourth-order valence-electron chi connectivity index (χ4n) is 2.81. The summed E-state index contributed by atoms with van der Waals surface area (Å²) in [5, 5.41) is 9.99. The molecule has 2 amide bonds. The number of rotatable bonds is 4. The molecule has 0 spiro atoms. The molecule has 122 valence electrons. The molecule has 1 aromatic carbocycles. The van der Waals surface area contributed by atoms with Gasteiger partial charge in [0.05, 0.1) is 12.3 Å². The van der Waals surface area contributed by atoms with E-state index in [2.05, 4.69) is 27.9 Å². The number of ether oxygens (including phenoxy) is 1. The van der Waals surface area contributed by atoms with Gasteiger partial charge < -0.3 is 15.4 Å². The van der Waals surface area contributed by atoms with Crippen molar-refractivity contribution in [3.05, 3.63) is 53.9 Å². The summed E-state index contributed by atoms with van der Waals surface area (Å²) in [5.41, 5.74) is 2.14. The molecule has 2 N–H and O–H groups in total. The topological polar surface area (TPSA) is 68.2 Å². The highest BCUT2D eigenvalue weighted by Gasteiger charge is 2.24. The average molecular weight is 314 g/mol. The van der Waals surface area contributed by atoms with Gasteiger partial charge in [0.2, 0.25) is 0 Å². The van der Waals surface area contributed by atoms with Crippen LogP contribution in [0.15, 0.2) is 42.7 Å². The van der Waals surface area contributed by atoms with Crippen molar-refractivity contribution in [3.8, 4) is 0 Å². The van der Waals surface area contributed by atoms with E-state index in [0.29, 0.717) is 13.2 Å². The number of aryl methyl sites for hydroxylation is 1. The lowest BCUT2D eigenvalue weighted by atomic mass is 9.97. The summed E-state index contributed by atoms with van der Waals surface area (Å²) >= 11 is 0. The Hall–Kier alpha value is -2.34. The Morgan fingerprint density at radius 3 is 2.96 bits per heavy atom. The van der Waals surface area contributed by atoms with Gasteiger partial charge in [-0.3, -0.25) is 4.68 Å². The SMILES string of the molecule is Cn1cc(CNC(=O)N[C@@H]2CCO[C@@H](c3ccccc3)C2)cn1. The summed E-state index contributed by atoms with van der Waals surface area (Å²) in [6, 6.07) is 10.1. The van der Waals surface area contributed by atoms with Crippen LogP contribution in [0.3, 0.4) is 0 Å². The molecule has 1 aliphatic rings. The second-order valence-corrected chi connectivity index (χ2v) is 5.84. The van der Waals surface area contributed by atoms with E-state index in [4.69, 9.17) is 4.74 Å². The molecule has 0 saturated carbocycles. The summed E-state index contributed by atoms with van der Waals surface area (Å²) in [6.07, 6.45) is 5.32. The van der Waals surface area contributed by atoms with Crippen LogP contribution >= 0.6 is 0 Å². The predicted molar refractivity (Wildman–Crippen MR) is 86.7 cm³/mol. The maximum atomic E-state index is 12.0. The van der Waals surface area contributed by atoms with E-state index < -0.39 is 0 Å². The number of carbonyl (C=O) groups is 1. The van der Waals surface area contributed by atoms with E-state index >= 15 is 0 Å². The maximum Gasteiger partial charge on any atom is 0.315 e. The first-order valence-corrected chi connectivity index (χ1v) is 7.89. The zero-order chi connectivity index (χ0) is 16.1. The number of nitrogens with one attached hydrogen (secondary N) is 2. The molecule has 0 radical (unpaired) electrons. The van der Waals surface area contributed by atoms with Gasteiger partial charge in [0, 0.05) is 38.0 Å². The zero-order valence-electron chi connectivity index (χ0n) is 13.2. The third-order valence-electron chi connectivity index (χ3n) is 4.00. The molecule has 1 aromatic heterocycles. The van der Waals surface area contributed by atoms with Gasteiger partial charge >= 0.3 is 6.03 Å². The highest BCUT2D eigenvalue weighted by molar-refractivity contribution is 5.74. The first kappa shape index (κ1) is 15.6. The predicted octanol–water partition coefficient (Wildman–Crippen LogP) is 2.14. The van der Waals surface area contributed by atoms with Crippen LogP contribution in [0, 0.1) is 0 Å². The van der Waals surface area contributed by atoms with Crippen molar-refractivity contribution < 1.29 is 9.53 Å². The highest BCUT2D eigenvalue weighted by Crippen LogP contribution is 2.27. The average Bonchev–Trinajstić information content (AvgIpc) is 3.00. The molecule has 6 heteroatoms. The normalized spacial score (nSPS) is 20.9. The van der Waals surface area contributed by atoms with Crippen molar-refractivity contribution >= 4 is 6.03 Å². The molecule has 2 heterocycles. The van der Waals surface area contributed by atoms with E-state index in [0.717, 1.165) is 24.0 Å². The molecular formula is C17H22N4O2. The smallest absolute Gasteiger partial charge is 0.315 e. The molecular weight excluding hydrogens is 292 g/mol. The zero-order valence-corrected chi connectivity index (χ0v) is 13.2. The van der Waals surface area contributed by atoms with Gasteiger partial charge in [-0.15, -0.1) is 0 Å². The number of nitrogens with zero attached hydrogens (tertiary/aromatic N) is 2. The Kier molecular flexibility index (Phi) is 4.92. The van der Waals surface area contributed by atoms with E-state index in [-0.39, 0.29) is 18.2 Å². The standard InChI is InChI=1S/C17H22N4O2/c1-21-12-13(11-19-21)10-18-17(22)20-15-7-8-23-16(9-15)14-5-3-2-4-6-14/h2-6,11-12,15-16H,7-10H2,1H3,(H2,18,20,22)/t15-,16-/m1/s1. The van der Waals surface area contributed by atoms with Crippen LogP contribution in [0.2, 0.25) is 0 Å². The van der Waals surface area contributed by atoms with E-state index in [1.807, 2.05) is 31.4 Å². The summed E-state index contributed by atoms with van der Waals surface area (Å²) in [4.78, 5) is 12.0. The number of hydrogen-bond donors (Lipinski definition) is 2. The molecule has 0 bridgehead atoms. The van der Waals surface area contributed by atoms with E-state index in [1.54, 1.807) is 10.9 Å². The van der Waals surface area contributed by atoms with Crippen LogP contribution in [0.4, 0.5) is 4.79 Å². The third-order valence-corrected chi connectivity index (χ3v) is 4.00. The number of amides is 2. The van der Waals surface area contributed by atoms with Crippen LogP contribution in [-0.4, -0.2) is 28.5 Å². The lowest BCUT2D eigenvalue weighted by Gasteiger charge is -2.30. The van der Waals surface area contributed by atoms with Gasteiger partial charge in [-0.1, -0.05) is 30.3 Å². The van der Waals surface area contributed by atoms with Gasteiger partial charge in [-0.2, -0.15) is 5.10 Å². The van der Waals surface area contributed by atoms with Crippen LogP contribution in [0.5, 0.6) is 0 Å². The molecule has 0 unspecified atom stereocenters. The third kappa shape index (κ3) is 4.32. The summed E-state index contributed by atoms with van der Waals surface area (Å²) in [7, 11) is 1.86. The Balaban J connectivity index is 1.48. The minimum Gasteiger partial charge on any atom is -0.373 e. The van der Waals surface area contributed by atoms with Crippen molar-refractivity contribution in [1.82, 2.24) is 20.4 Å². The number of aromatic nitrogens is 2. The van der Waals surface area contributed by atoms with Gasteiger partial charge in [0.1, 0.15) is 0 Å². The van der Waals surface area contributed by atoms with E-state index in [9.17, 15) is 4.79 Å². The molecule has 23 heavy (non-hydrogen) atoms. The number of carbonyl (C=O) groups excluding carboxylic acids is 1. The fraction of sp³-hybridized carbons (Fsp3) is 0.412. The lowest BCUT2D eigenvalue weighted by Crippen LogP contribution is -2.44. The van der Waals surface area contributed by atoms with Crippen LogP contribution in [0.25, 0.3) is 0 Å². The molecule has 1 saturated heterocycles. The number of hydrogen-bond acceptors (Lipinski definition) is 3. The quantitative estimate of drug-likeness (QED) is 0.908. The molecule has 1 aliphatic heterocycles. The van der Waals surface area contributed by atoms with Crippen LogP contribution in [0.1, 0.15) is 30.1 Å². The second kappa shape index (κ2) is 7.28. The second-order valence-electron chi connectivity index (χ2n) is 5.84. The van der Waals surface area contributed by atoms with Crippen molar-refractivity contribution in [2.75, 3.05) is 6.61 Å². The van der Waals surface area contributed by atoms with Crippen LogP contribution < -0.4 is 10.6 Å². The van der Waals surface area contributed by atoms with Gasteiger partial charge in [-0.05, 0) is 18.4 Å². The van der Waals surface area contributed by atoms with Crippen molar-refractivity contribution in [1.29, 1.82) is 0 Å². The van der Waals surface area contributed by atoms with Crippen molar-refractivity contribution in [2.24, 2.45) is 7.05 Å². The van der Waals surface area contributed by atoms with Gasteiger partial charge in [0.25, 0.3) is 0 Å². The molecule has 3 rings (SSSR count). The summed E-state index contributed by atoms with van der Waals surface area (Å²) < 4.78 is 7.55. The minimum atomic E-state index is -0.146. The molecule has 0 aliphatic carbocycles. The lowest BCUT2D eigenvalue weighted by molar-refractivity contribution is 0.00225. The Bertz CT molecular complexity index is 641. The highest BCUT2D eigenvalue weighted by atomic mass is 16.5.